The van der Waals surface area contributed by atoms with E-state index in [1.54, 1.807) is 11.9 Å². The zero-order valence-corrected chi connectivity index (χ0v) is 17.4. The molecule has 2 aromatic rings. The van der Waals surface area contributed by atoms with Gasteiger partial charge in [0.25, 0.3) is 0 Å². The summed E-state index contributed by atoms with van der Waals surface area (Å²) in [6.07, 6.45) is 1.59. The first-order chi connectivity index (χ1) is 14.2. The van der Waals surface area contributed by atoms with Crippen LogP contribution in [0.3, 0.4) is 0 Å². The van der Waals surface area contributed by atoms with Crippen LogP contribution < -0.4 is 15.1 Å². The zero-order chi connectivity index (χ0) is 21.6. The Balaban J connectivity index is 1.36. The van der Waals surface area contributed by atoms with Crippen LogP contribution in [-0.4, -0.2) is 48.2 Å². The van der Waals surface area contributed by atoms with Gasteiger partial charge in [-0.25, -0.2) is 13.8 Å². The molecule has 0 unspecified atom stereocenters. The molecule has 1 aliphatic heterocycles. The lowest BCUT2D eigenvalue weighted by Crippen LogP contribution is -2.50. The van der Waals surface area contributed by atoms with Crippen molar-refractivity contribution in [3.05, 3.63) is 41.1 Å². The van der Waals surface area contributed by atoms with Crippen molar-refractivity contribution in [3.8, 4) is 0 Å². The fourth-order valence-electron chi connectivity index (χ4n) is 3.84. The molecule has 2 heterocycles. The Labute approximate surface area is 174 Å². The number of carbonyl (C=O) groups excluding carboxylic acids is 1. The van der Waals surface area contributed by atoms with Crippen molar-refractivity contribution in [2.45, 2.75) is 51.5 Å². The van der Waals surface area contributed by atoms with Crippen molar-refractivity contribution in [2.75, 3.05) is 29.2 Å². The maximum absolute atomic E-state index is 13.3. The van der Waals surface area contributed by atoms with Gasteiger partial charge in [-0.05, 0) is 44.4 Å². The van der Waals surface area contributed by atoms with Crippen LogP contribution in [0.1, 0.15) is 31.0 Å². The average molecular weight is 417 g/mol. The Bertz CT molecular complexity index is 980. The molecule has 1 aliphatic carbocycles. The second-order valence-corrected chi connectivity index (χ2v) is 7.98. The highest BCUT2D eigenvalue weighted by molar-refractivity contribution is 6.04. The minimum atomic E-state index is -0.865. The molecule has 0 spiro atoms. The van der Waals surface area contributed by atoms with Crippen LogP contribution in [0.5, 0.6) is 0 Å². The monoisotopic (exact) mass is 417 g/mol. The van der Waals surface area contributed by atoms with Gasteiger partial charge in [0.05, 0.1) is 18.4 Å². The normalized spacial score (nSPS) is 23.3. The SMILES string of the molecule is Cc1nc(N[C@H]2C[C@H](OCc3ccc(F)c(F)c3)C2)nc2c1N(C)C(=O)[C@H](C)N2C. The minimum Gasteiger partial charge on any atom is -0.373 e. The molecular weight excluding hydrogens is 392 g/mol. The molecule has 1 aromatic heterocycles. The maximum Gasteiger partial charge on any atom is 0.249 e. The zero-order valence-electron chi connectivity index (χ0n) is 17.4. The largest absolute Gasteiger partial charge is 0.373 e. The van der Waals surface area contributed by atoms with E-state index in [4.69, 9.17) is 4.74 Å². The van der Waals surface area contributed by atoms with Gasteiger partial charge < -0.3 is 19.9 Å². The average Bonchev–Trinajstić information content (AvgIpc) is 2.68. The molecule has 160 valence electrons. The van der Waals surface area contributed by atoms with Crippen molar-refractivity contribution >= 4 is 23.4 Å². The van der Waals surface area contributed by atoms with E-state index in [0.29, 0.717) is 11.5 Å². The standard InChI is InChI=1S/C21H25F2N5O2/c1-11-18-19(27(3)12(2)20(29)28(18)4)26-21(24-11)25-14-8-15(9-14)30-10-13-5-6-16(22)17(23)7-13/h5-7,12,14-15H,8-10H2,1-4H3,(H,24,25,26)/t12-,14-,15-/m0/s1. The molecule has 4 rings (SSSR count). The van der Waals surface area contributed by atoms with E-state index >= 15 is 0 Å². The topological polar surface area (TPSA) is 70.6 Å². The number of benzene rings is 1. The Kier molecular flexibility index (Phi) is 5.31. The lowest BCUT2D eigenvalue weighted by atomic mass is 9.89. The van der Waals surface area contributed by atoms with Crippen LogP contribution >= 0.6 is 0 Å². The number of ether oxygens (including phenoxy) is 1. The molecule has 1 atom stereocenters. The number of likely N-dealkylation sites (N-methyl/N-ethyl adjacent to an activating group) is 2. The van der Waals surface area contributed by atoms with Crippen LogP contribution in [0, 0.1) is 18.6 Å². The molecule has 0 radical (unpaired) electrons. The summed E-state index contributed by atoms with van der Waals surface area (Å²) in [5.74, 6) is -0.460. The highest BCUT2D eigenvalue weighted by Crippen LogP contribution is 2.36. The number of aryl methyl sites for hydroxylation is 1. The molecule has 1 amide bonds. The Morgan fingerprint density at radius 2 is 1.93 bits per heavy atom. The van der Waals surface area contributed by atoms with E-state index in [1.165, 1.54) is 6.07 Å². The summed E-state index contributed by atoms with van der Waals surface area (Å²) in [6.45, 7) is 3.97. The fraction of sp³-hybridized carbons (Fsp3) is 0.476. The lowest BCUT2D eigenvalue weighted by Gasteiger charge is -2.38. The van der Waals surface area contributed by atoms with Gasteiger partial charge in [-0.15, -0.1) is 0 Å². The number of nitrogens with one attached hydrogen (secondary N) is 1. The van der Waals surface area contributed by atoms with Crippen LogP contribution in [0.4, 0.5) is 26.2 Å². The van der Waals surface area contributed by atoms with E-state index in [1.807, 2.05) is 25.8 Å². The number of carbonyl (C=O) groups is 1. The van der Waals surface area contributed by atoms with Crippen LogP contribution in [0.2, 0.25) is 0 Å². The van der Waals surface area contributed by atoms with Crippen molar-refractivity contribution in [1.29, 1.82) is 0 Å². The van der Waals surface area contributed by atoms with E-state index in [2.05, 4.69) is 15.3 Å². The number of anilines is 3. The summed E-state index contributed by atoms with van der Waals surface area (Å²) in [4.78, 5) is 25.0. The van der Waals surface area contributed by atoms with Gasteiger partial charge in [0.1, 0.15) is 11.7 Å². The number of aromatic nitrogens is 2. The Morgan fingerprint density at radius 1 is 1.20 bits per heavy atom. The lowest BCUT2D eigenvalue weighted by molar-refractivity contribution is -0.119. The number of rotatable bonds is 5. The smallest absolute Gasteiger partial charge is 0.249 e. The number of hydrogen-bond donors (Lipinski definition) is 1. The molecule has 30 heavy (non-hydrogen) atoms. The highest BCUT2D eigenvalue weighted by Gasteiger charge is 2.35. The van der Waals surface area contributed by atoms with E-state index in [0.717, 1.165) is 42.2 Å². The Hall–Kier alpha value is -2.81. The first-order valence-electron chi connectivity index (χ1n) is 9.95. The van der Waals surface area contributed by atoms with Crippen molar-refractivity contribution in [2.24, 2.45) is 0 Å². The van der Waals surface area contributed by atoms with Gasteiger partial charge in [-0.2, -0.15) is 4.98 Å². The summed E-state index contributed by atoms with van der Waals surface area (Å²) < 4.78 is 32.0. The molecule has 1 fully saturated rings. The molecule has 1 N–H and O–H groups in total. The van der Waals surface area contributed by atoms with Crippen molar-refractivity contribution in [1.82, 2.24) is 9.97 Å². The minimum absolute atomic E-state index is 0.0115. The quantitative estimate of drug-likeness (QED) is 0.807. The third kappa shape index (κ3) is 3.69. The highest BCUT2D eigenvalue weighted by atomic mass is 19.2. The van der Waals surface area contributed by atoms with Gasteiger partial charge in [-0.3, -0.25) is 4.79 Å². The first-order valence-corrected chi connectivity index (χ1v) is 9.95. The predicted molar refractivity (Wildman–Crippen MR) is 110 cm³/mol. The summed E-state index contributed by atoms with van der Waals surface area (Å²) in [6, 6.07) is 3.67. The molecule has 2 aliphatic rings. The van der Waals surface area contributed by atoms with Gasteiger partial charge >= 0.3 is 0 Å². The summed E-state index contributed by atoms with van der Waals surface area (Å²) in [5.41, 5.74) is 2.07. The molecule has 0 bridgehead atoms. The number of halogens is 2. The summed E-state index contributed by atoms with van der Waals surface area (Å²) in [7, 11) is 3.60. The van der Waals surface area contributed by atoms with E-state index in [9.17, 15) is 13.6 Å². The summed E-state index contributed by atoms with van der Waals surface area (Å²) >= 11 is 0. The van der Waals surface area contributed by atoms with E-state index < -0.39 is 11.6 Å². The number of hydrogen-bond acceptors (Lipinski definition) is 6. The van der Waals surface area contributed by atoms with Crippen LogP contribution in [0.25, 0.3) is 0 Å². The van der Waals surface area contributed by atoms with Crippen molar-refractivity contribution < 1.29 is 18.3 Å². The third-order valence-electron chi connectivity index (χ3n) is 5.88. The fourth-order valence-corrected chi connectivity index (χ4v) is 3.84. The molecule has 9 heteroatoms. The van der Waals surface area contributed by atoms with Gasteiger partial charge in [0, 0.05) is 20.1 Å². The third-order valence-corrected chi connectivity index (χ3v) is 5.88. The van der Waals surface area contributed by atoms with Gasteiger partial charge in [0.15, 0.2) is 17.5 Å². The molecule has 1 saturated carbocycles. The number of amides is 1. The summed E-state index contributed by atoms with van der Waals surface area (Å²) in [5, 5.41) is 3.33. The van der Waals surface area contributed by atoms with Crippen LogP contribution in [0.15, 0.2) is 18.2 Å². The number of fused-ring (bicyclic) bond motifs is 1. The van der Waals surface area contributed by atoms with E-state index in [-0.39, 0.29) is 30.7 Å². The molecule has 7 nitrogen and oxygen atoms in total. The predicted octanol–water partition coefficient (Wildman–Crippen LogP) is 3.02. The van der Waals surface area contributed by atoms with Gasteiger partial charge in [0.2, 0.25) is 11.9 Å². The molecule has 0 saturated heterocycles. The van der Waals surface area contributed by atoms with Crippen molar-refractivity contribution in [3.63, 3.8) is 0 Å². The number of nitrogens with zero attached hydrogens (tertiary/aromatic N) is 4. The molecule has 1 aromatic carbocycles. The maximum atomic E-state index is 13.3. The second-order valence-electron chi connectivity index (χ2n) is 7.98. The van der Waals surface area contributed by atoms with Crippen LogP contribution in [-0.2, 0) is 16.1 Å². The Morgan fingerprint density at radius 3 is 2.63 bits per heavy atom. The van der Waals surface area contributed by atoms with Gasteiger partial charge in [-0.1, -0.05) is 6.07 Å². The molecular formula is C21H25F2N5O2. The first kappa shape index (κ1) is 20.5. The second kappa shape index (κ2) is 7.79.